The molecule has 0 spiro atoms. The third-order valence-corrected chi connectivity index (χ3v) is 3.29. The second-order valence-corrected chi connectivity index (χ2v) is 5.87. The number of hydrogen-bond acceptors (Lipinski definition) is 7. The van der Waals surface area contributed by atoms with Gasteiger partial charge in [0, 0.05) is 39.8 Å². The second kappa shape index (κ2) is 10.0. The normalized spacial score (nSPS) is 12.2. The maximum atomic E-state index is 10.7. The topological polar surface area (TPSA) is 133 Å². The highest BCUT2D eigenvalue weighted by molar-refractivity contribution is 7.85. The van der Waals surface area contributed by atoms with Crippen molar-refractivity contribution in [3.8, 4) is 0 Å². The number of hydrogen-bond donors (Lipinski definition) is 3. The van der Waals surface area contributed by atoms with Gasteiger partial charge in [-0.15, -0.1) is 0 Å². The average molecular weight is 313 g/mol. The Kier molecular flexibility index (Phi) is 9.63. The van der Waals surface area contributed by atoms with E-state index in [2.05, 4.69) is 0 Å². The van der Waals surface area contributed by atoms with Crippen LogP contribution in [0.3, 0.4) is 0 Å². The van der Waals surface area contributed by atoms with Gasteiger partial charge in [0.1, 0.15) is 0 Å². The highest BCUT2D eigenvalue weighted by Gasteiger charge is 2.12. The molecule has 0 heterocycles. The molecule has 9 nitrogen and oxygen atoms in total. The van der Waals surface area contributed by atoms with Crippen molar-refractivity contribution in [2.75, 3.05) is 52.2 Å². The van der Waals surface area contributed by atoms with E-state index < -0.39 is 16.1 Å². The third-order valence-electron chi connectivity index (χ3n) is 2.59. The molecular formula is C10H23N3O6S. The van der Waals surface area contributed by atoms with Crippen LogP contribution >= 0.6 is 0 Å². The lowest BCUT2D eigenvalue weighted by atomic mass is 10.4. The van der Waals surface area contributed by atoms with E-state index >= 15 is 0 Å². The van der Waals surface area contributed by atoms with Gasteiger partial charge in [-0.25, -0.2) is 5.01 Å². The first-order valence-corrected chi connectivity index (χ1v) is 7.73. The lowest BCUT2D eigenvalue weighted by Gasteiger charge is -2.24. The summed E-state index contributed by atoms with van der Waals surface area (Å²) in [6.45, 7) is 2.14. The molecule has 120 valence electrons. The number of carboxylic acids is 1. The maximum absolute atomic E-state index is 10.7. The van der Waals surface area contributed by atoms with Gasteiger partial charge in [-0.2, -0.15) is 8.42 Å². The lowest BCUT2D eigenvalue weighted by molar-refractivity contribution is -0.137. The molecule has 0 aromatic carbocycles. The van der Waals surface area contributed by atoms with Crippen molar-refractivity contribution in [2.45, 2.75) is 6.42 Å². The van der Waals surface area contributed by atoms with Crippen molar-refractivity contribution in [3.05, 3.63) is 0 Å². The molecule has 4 N–H and O–H groups in total. The predicted octanol–water partition coefficient (Wildman–Crippen LogP) is -1.53. The molecule has 0 aromatic heterocycles. The summed E-state index contributed by atoms with van der Waals surface area (Å²) in [7, 11) is -2.48. The van der Waals surface area contributed by atoms with Crippen LogP contribution in [0.25, 0.3) is 0 Å². The number of aliphatic carboxylic acids is 1. The van der Waals surface area contributed by atoms with Crippen LogP contribution < -0.4 is 5.84 Å². The molecule has 10 heteroatoms. The second-order valence-electron chi connectivity index (χ2n) is 4.30. The molecule has 0 saturated heterocycles. The minimum Gasteiger partial charge on any atom is -0.481 e. The van der Waals surface area contributed by atoms with E-state index in [1.54, 1.807) is 4.90 Å². The summed E-state index contributed by atoms with van der Waals surface area (Å²) in [6.07, 6.45) is -0.0560. The van der Waals surface area contributed by atoms with Crippen molar-refractivity contribution < 1.29 is 27.6 Å². The first-order chi connectivity index (χ1) is 9.24. The SMILES string of the molecule is COCCN(CCN(N)CCC(=O)O)CCS(=O)(=O)O. The number of carboxylic acid groups (broad SMARTS) is 1. The molecule has 0 atom stereocenters. The van der Waals surface area contributed by atoms with Crippen molar-refractivity contribution in [3.63, 3.8) is 0 Å². The summed E-state index contributed by atoms with van der Waals surface area (Å²) in [5, 5.41) is 9.89. The van der Waals surface area contributed by atoms with E-state index in [0.29, 0.717) is 26.2 Å². The molecule has 0 amide bonds. The average Bonchev–Trinajstić information content (AvgIpc) is 2.34. The highest BCUT2D eigenvalue weighted by Crippen LogP contribution is 1.94. The molecule has 20 heavy (non-hydrogen) atoms. The number of carbonyl (C=O) groups is 1. The fourth-order valence-electron chi connectivity index (χ4n) is 1.42. The van der Waals surface area contributed by atoms with E-state index in [1.807, 2.05) is 0 Å². The van der Waals surface area contributed by atoms with Gasteiger partial charge in [0.2, 0.25) is 0 Å². The van der Waals surface area contributed by atoms with E-state index in [-0.39, 0.29) is 25.3 Å². The van der Waals surface area contributed by atoms with Crippen LogP contribution in [0.15, 0.2) is 0 Å². The fraction of sp³-hybridized carbons (Fsp3) is 0.900. The quantitative estimate of drug-likeness (QED) is 0.223. The van der Waals surface area contributed by atoms with Crippen LogP contribution in [0, 0.1) is 0 Å². The van der Waals surface area contributed by atoms with Crippen molar-refractivity contribution >= 4 is 16.1 Å². The van der Waals surface area contributed by atoms with Crippen LogP contribution in [0.2, 0.25) is 0 Å². The molecule has 0 aliphatic carbocycles. The molecule has 0 aromatic rings. The highest BCUT2D eigenvalue weighted by atomic mass is 32.2. The van der Waals surface area contributed by atoms with Gasteiger partial charge >= 0.3 is 5.97 Å². The van der Waals surface area contributed by atoms with Crippen LogP contribution in [-0.2, 0) is 19.6 Å². The Morgan fingerprint density at radius 2 is 1.85 bits per heavy atom. The van der Waals surface area contributed by atoms with Crippen molar-refractivity contribution in [1.29, 1.82) is 0 Å². The molecule has 0 bridgehead atoms. The third kappa shape index (κ3) is 12.3. The Hall–Kier alpha value is -0.780. The number of nitrogens with two attached hydrogens (primary N) is 1. The Bertz CT molecular complexity index is 375. The van der Waals surface area contributed by atoms with Gasteiger partial charge in [-0.3, -0.25) is 20.1 Å². The molecule has 0 unspecified atom stereocenters. The predicted molar refractivity (Wildman–Crippen MR) is 72.7 cm³/mol. The maximum Gasteiger partial charge on any atom is 0.304 e. The Morgan fingerprint density at radius 3 is 2.35 bits per heavy atom. The number of nitrogens with zero attached hydrogens (tertiary/aromatic N) is 2. The Labute approximate surface area is 119 Å². The van der Waals surface area contributed by atoms with Crippen molar-refractivity contribution in [2.24, 2.45) is 5.84 Å². The Morgan fingerprint density at radius 1 is 1.20 bits per heavy atom. The zero-order valence-corrected chi connectivity index (χ0v) is 12.4. The molecule has 0 radical (unpaired) electrons. The van der Waals surface area contributed by atoms with Gasteiger partial charge in [-0.05, 0) is 0 Å². The van der Waals surface area contributed by atoms with Gasteiger partial charge in [0.25, 0.3) is 10.1 Å². The smallest absolute Gasteiger partial charge is 0.304 e. The van der Waals surface area contributed by atoms with Crippen LogP contribution in [0.1, 0.15) is 6.42 Å². The summed E-state index contributed by atoms with van der Waals surface area (Å²) in [4.78, 5) is 12.2. The summed E-state index contributed by atoms with van der Waals surface area (Å²) >= 11 is 0. The molecule has 0 fully saturated rings. The molecule has 0 saturated carbocycles. The van der Waals surface area contributed by atoms with E-state index in [4.69, 9.17) is 20.2 Å². The number of methoxy groups -OCH3 is 1. The van der Waals surface area contributed by atoms with Crippen LogP contribution in [0.4, 0.5) is 0 Å². The van der Waals surface area contributed by atoms with Crippen LogP contribution in [0.5, 0.6) is 0 Å². The molecular weight excluding hydrogens is 290 g/mol. The zero-order valence-electron chi connectivity index (χ0n) is 11.6. The first-order valence-electron chi connectivity index (χ1n) is 6.12. The molecule has 0 rings (SSSR count). The van der Waals surface area contributed by atoms with E-state index in [9.17, 15) is 13.2 Å². The van der Waals surface area contributed by atoms with Crippen LogP contribution in [-0.4, -0.2) is 86.1 Å². The van der Waals surface area contributed by atoms with Crippen molar-refractivity contribution in [1.82, 2.24) is 9.91 Å². The largest absolute Gasteiger partial charge is 0.481 e. The summed E-state index contributed by atoms with van der Waals surface area (Å²) in [6, 6.07) is 0. The standard InChI is InChI=1S/C10H23N3O6S/c1-19-8-6-12(7-9-20(16,17)18)4-5-13(11)3-2-10(14)15/h2-9,11H2,1H3,(H,14,15)(H,16,17,18). The van der Waals surface area contributed by atoms with Gasteiger partial charge in [0.15, 0.2) is 0 Å². The summed E-state index contributed by atoms with van der Waals surface area (Å²) in [5.74, 6) is 4.33. The number of ether oxygens (including phenoxy) is 1. The van der Waals surface area contributed by atoms with Gasteiger partial charge in [0.05, 0.1) is 18.8 Å². The lowest BCUT2D eigenvalue weighted by Crippen LogP contribution is -2.42. The minimum absolute atomic E-state index is 0.0560. The summed E-state index contributed by atoms with van der Waals surface area (Å²) < 4.78 is 35.1. The molecule has 0 aliphatic rings. The zero-order chi connectivity index (χ0) is 15.6. The van der Waals surface area contributed by atoms with Gasteiger partial charge < -0.3 is 9.84 Å². The fourth-order valence-corrected chi connectivity index (χ4v) is 1.91. The molecule has 0 aliphatic heterocycles. The first kappa shape index (κ1) is 19.2. The van der Waals surface area contributed by atoms with E-state index in [1.165, 1.54) is 12.1 Å². The summed E-state index contributed by atoms with van der Waals surface area (Å²) in [5.41, 5.74) is 0. The van der Waals surface area contributed by atoms with Gasteiger partial charge in [-0.1, -0.05) is 0 Å². The minimum atomic E-state index is -4.01. The van der Waals surface area contributed by atoms with E-state index in [0.717, 1.165) is 0 Å². The Balaban J connectivity index is 4.10. The number of rotatable bonds is 12. The number of hydrazine groups is 1. The monoisotopic (exact) mass is 313 g/mol.